The zero-order valence-electron chi connectivity index (χ0n) is 9.72. The first-order valence-electron chi connectivity index (χ1n) is 5.39. The molecule has 0 aromatic heterocycles. The van der Waals surface area contributed by atoms with Gasteiger partial charge in [0.05, 0.1) is 0 Å². The maximum Gasteiger partial charge on any atom is 0.00105 e. The molecule has 0 bridgehead atoms. The molecule has 1 aromatic rings. The summed E-state index contributed by atoms with van der Waals surface area (Å²) in [5, 5.41) is 3.44. The van der Waals surface area contributed by atoms with Gasteiger partial charge in [0, 0.05) is 6.04 Å². The maximum absolute atomic E-state index is 3.44. The molecule has 1 heteroatoms. The van der Waals surface area contributed by atoms with Crippen molar-refractivity contribution in [3.05, 3.63) is 34.9 Å². The smallest absolute Gasteiger partial charge is 0.00105 e. The Bertz CT molecular complexity index is 289. The zero-order valence-corrected chi connectivity index (χ0v) is 9.72. The molecule has 0 aliphatic carbocycles. The van der Waals surface area contributed by atoms with E-state index < -0.39 is 0 Å². The Labute approximate surface area is 87.5 Å². The molecular weight excluding hydrogens is 170 g/mol. The molecule has 0 radical (unpaired) electrons. The first-order valence-corrected chi connectivity index (χ1v) is 5.39. The van der Waals surface area contributed by atoms with Crippen molar-refractivity contribution >= 4 is 0 Å². The van der Waals surface area contributed by atoms with Crippen molar-refractivity contribution < 1.29 is 0 Å². The van der Waals surface area contributed by atoms with Gasteiger partial charge < -0.3 is 5.32 Å². The average molecular weight is 191 g/mol. The summed E-state index contributed by atoms with van der Waals surface area (Å²) in [6.07, 6.45) is 1.13. The number of hydrogen-bond donors (Lipinski definition) is 1. The van der Waals surface area contributed by atoms with Gasteiger partial charge in [-0.1, -0.05) is 32.0 Å². The van der Waals surface area contributed by atoms with Crippen LogP contribution in [0, 0.1) is 13.8 Å². The van der Waals surface area contributed by atoms with Crippen LogP contribution in [0.2, 0.25) is 0 Å². The van der Waals surface area contributed by atoms with Crippen molar-refractivity contribution in [1.29, 1.82) is 0 Å². The summed E-state index contributed by atoms with van der Waals surface area (Å²) >= 11 is 0. The molecular formula is C13H21N. The monoisotopic (exact) mass is 191 g/mol. The molecule has 0 heterocycles. The van der Waals surface area contributed by atoms with Gasteiger partial charge in [-0.3, -0.25) is 0 Å². The lowest BCUT2D eigenvalue weighted by Crippen LogP contribution is -2.25. The van der Waals surface area contributed by atoms with Crippen LogP contribution in [-0.2, 0) is 6.42 Å². The van der Waals surface area contributed by atoms with E-state index in [-0.39, 0.29) is 0 Å². The summed E-state index contributed by atoms with van der Waals surface area (Å²) in [5.74, 6) is 0. The molecule has 0 aliphatic heterocycles. The molecule has 1 nitrogen and oxygen atoms in total. The molecule has 0 amide bonds. The van der Waals surface area contributed by atoms with Crippen LogP contribution in [0.25, 0.3) is 0 Å². The second-order valence-corrected chi connectivity index (χ2v) is 4.22. The number of hydrogen-bond acceptors (Lipinski definition) is 1. The van der Waals surface area contributed by atoms with E-state index in [1.54, 1.807) is 0 Å². The van der Waals surface area contributed by atoms with Gasteiger partial charge in [0.25, 0.3) is 0 Å². The number of aryl methyl sites for hydroxylation is 1. The number of rotatable bonds is 4. The Morgan fingerprint density at radius 1 is 1.21 bits per heavy atom. The first kappa shape index (κ1) is 11.3. The molecule has 0 aliphatic rings. The van der Waals surface area contributed by atoms with Gasteiger partial charge in [-0.05, 0) is 43.5 Å². The van der Waals surface area contributed by atoms with Crippen molar-refractivity contribution in [2.24, 2.45) is 0 Å². The lowest BCUT2D eigenvalue weighted by molar-refractivity contribution is 0.589. The van der Waals surface area contributed by atoms with Crippen LogP contribution in [0.1, 0.15) is 30.5 Å². The van der Waals surface area contributed by atoms with Crippen molar-refractivity contribution in [1.82, 2.24) is 5.32 Å². The topological polar surface area (TPSA) is 12.0 Å². The largest absolute Gasteiger partial charge is 0.314 e. The summed E-state index contributed by atoms with van der Waals surface area (Å²) < 4.78 is 0. The Kier molecular flexibility index (Phi) is 4.15. The van der Waals surface area contributed by atoms with Crippen molar-refractivity contribution in [3.8, 4) is 0 Å². The molecule has 0 spiro atoms. The molecule has 1 rings (SSSR count). The standard InChI is InChI=1S/C13H21N/c1-10(2)14-9-8-13-7-5-6-11(3)12(13)4/h5-7,10,14H,8-9H2,1-4H3. The summed E-state index contributed by atoms with van der Waals surface area (Å²) in [4.78, 5) is 0. The zero-order chi connectivity index (χ0) is 10.6. The van der Waals surface area contributed by atoms with Crippen LogP contribution in [0.5, 0.6) is 0 Å². The molecule has 0 atom stereocenters. The van der Waals surface area contributed by atoms with E-state index in [2.05, 4.69) is 51.2 Å². The fourth-order valence-electron chi connectivity index (χ4n) is 1.58. The van der Waals surface area contributed by atoms with Crippen molar-refractivity contribution in [3.63, 3.8) is 0 Å². The van der Waals surface area contributed by atoms with Gasteiger partial charge in [-0.2, -0.15) is 0 Å². The Hall–Kier alpha value is -0.820. The van der Waals surface area contributed by atoms with Gasteiger partial charge >= 0.3 is 0 Å². The van der Waals surface area contributed by atoms with Crippen molar-refractivity contribution in [2.45, 2.75) is 40.2 Å². The van der Waals surface area contributed by atoms with Gasteiger partial charge in [0.2, 0.25) is 0 Å². The van der Waals surface area contributed by atoms with E-state index in [0.29, 0.717) is 6.04 Å². The third kappa shape index (κ3) is 3.15. The number of benzene rings is 1. The van der Waals surface area contributed by atoms with Gasteiger partial charge in [-0.15, -0.1) is 0 Å². The predicted molar refractivity (Wildman–Crippen MR) is 62.8 cm³/mol. The van der Waals surface area contributed by atoms with Crippen molar-refractivity contribution in [2.75, 3.05) is 6.54 Å². The second kappa shape index (κ2) is 5.16. The molecule has 0 fully saturated rings. The van der Waals surface area contributed by atoms with Crippen LogP contribution in [0.15, 0.2) is 18.2 Å². The molecule has 1 aromatic carbocycles. The van der Waals surface area contributed by atoms with Crippen LogP contribution in [0.4, 0.5) is 0 Å². The highest BCUT2D eigenvalue weighted by molar-refractivity contribution is 5.33. The summed E-state index contributed by atoms with van der Waals surface area (Å²) in [5.41, 5.74) is 4.31. The van der Waals surface area contributed by atoms with Gasteiger partial charge in [0.15, 0.2) is 0 Å². The highest BCUT2D eigenvalue weighted by Crippen LogP contribution is 2.12. The number of nitrogens with one attached hydrogen (secondary N) is 1. The lowest BCUT2D eigenvalue weighted by Gasteiger charge is -2.11. The molecule has 0 saturated heterocycles. The fourth-order valence-corrected chi connectivity index (χ4v) is 1.58. The minimum absolute atomic E-state index is 0.583. The van der Waals surface area contributed by atoms with Gasteiger partial charge in [0.1, 0.15) is 0 Å². The van der Waals surface area contributed by atoms with Crippen LogP contribution in [-0.4, -0.2) is 12.6 Å². The summed E-state index contributed by atoms with van der Waals surface area (Å²) in [7, 11) is 0. The Balaban J connectivity index is 2.54. The Morgan fingerprint density at radius 3 is 2.57 bits per heavy atom. The van der Waals surface area contributed by atoms with Crippen LogP contribution in [0.3, 0.4) is 0 Å². The normalized spacial score (nSPS) is 10.9. The van der Waals surface area contributed by atoms with E-state index >= 15 is 0 Å². The second-order valence-electron chi connectivity index (χ2n) is 4.22. The first-order chi connectivity index (χ1) is 6.61. The fraction of sp³-hybridized carbons (Fsp3) is 0.538. The average Bonchev–Trinajstić information content (AvgIpc) is 2.12. The maximum atomic E-state index is 3.44. The minimum atomic E-state index is 0.583. The van der Waals surface area contributed by atoms with E-state index in [9.17, 15) is 0 Å². The molecule has 0 unspecified atom stereocenters. The lowest BCUT2D eigenvalue weighted by atomic mass is 10.0. The van der Waals surface area contributed by atoms with E-state index in [4.69, 9.17) is 0 Å². The molecule has 78 valence electrons. The van der Waals surface area contributed by atoms with E-state index in [1.807, 2.05) is 0 Å². The summed E-state index contributed by atoms with van der Waals surface area (Å²) in [6, 6.07) is 7.13. The van der Waals surface area contributed by atoms with Crippen LogP contribution < -0.4 is 5.32 Å². The third-order valence-electron chi connectivity index (χ3n) is 2.66. The van der Waals surface area contributed by atoms with Gasteiger partial charge in [-0.25, -0.2) is 0 Å². The summed E-state index contributed by atoms with van der Waals surface area (Å²) in [6.45, 7) is 9.82. The highest BCUT2D eigenvalue weighted by atomic mass is 14.9. The SMILES string of the molecule is Cc1cccc(CCNC(C)C)c1C. The Morgan fingerprint density at radius 2 is 1.93 bits per heavy atom. The van der Waals surface area contributed by atoms with E-state index in [0.717, 1.165) is 13.0 Å². The quantitative estimate of drug-likeness (QED) is 0.771. The van der Waals surface area contributed by atoms with E-state index in [1.165, 1.54) is 16.7 Å². The molecule has 1 N–H and O–H groups in total. The molecule has 14 heavy (non-hydrogen) atoms. The van der Waals surface area contributed by atoms with Crippen LogP contribution >= 0.6 is 0 Å². The molecule has 0 saturated carbocycles. The third-order valence-corrected chi connectivity index (χ3v) is 2.66. The highest BCUT2D eigenvalue weighted by Gasteiger charge is 2.00. The minimum Gasteiger partial charge on any atom is -0.314 e. The predicted octanol–water partition coefficient (Wildman–Crippen LogP) is 2.84.